The maximum atomic E-state index is 11.7. The van der Waals surface area contributed by atoms with Crippen LogP contribution in [0.1, 0.15) is 74.7 Å². The van der Waals surface area contributed by atoms with Crippen LogP contribution in [0, 0.1) is 6.08 Å². The van der Waals surface area contributed by atoms with Gasteiger partial charge in [-0.05, 0) is 6.42 Å². The molecule has 1 aliphatic rings. The van der Waals surface area contributed by atoms with Gasteiger partial charge in [-0.2, -0.15) is 12.2 Å². The van der Waals surface area contributed by atoms with E-state index in [-0.39, 0.29) is 39.3 Å². The minimum absolute atomic E-state index is 0. The summed E-state index contributed by atoms with van der Waals surface area (Å²) in [7, 11) is 0. The number of hydrogen-bond donors (Lipinski definition) is 2. The quantitative estimate of drug-likeness (QED) is 0.257. The summed E-state index contributed by atoms with van der Waals surface area (Å²) >= 11 is 0. The number of rotatable bonds is 3. The van der Waals surface area contributed by atoms with Crippen molar-refractivity contribution in [1.82, 2.24) is 10.6 Å². The van der Waals surface area contributed by atoms with Crippen molar-refractivity contribution >= 4 is 17.7 Å². The van der Waals surface area contributed by atoms with E-state index in [9.17, 15) is 14.4 Å². The van der Waals surface area contributed by atoms with Crippen LogP contribution in [-0.4, -0.2) is 23.8 Å². The van der Waals surface area contributed by atoms with Crippen molar-refractivity contribution in [3.8, 4) is 0 Å². The summed E-state index contributed by atoms with van der Waals surface area (Å²) in [5.41, 5.74) is 0.372. The molecule has 1 fully saturated rings. The first kappa shape index (κ1) is 31.5. The van der Waals surface area contributed by atoms with Crippen LogP contribution in [0.5, 0.6) is 0 Å². The second-order valence-corrected chi connectivity index (χ2v) is 4.32. The number of piperidine rings is 1. The Labute approximate surface area is 168 Å². The molecule has 5 nitrogen and oxygen atoms in total. The van der Waals surface area contributed by atoms with E-state index in [2.05, 4.69) is 30.6 Å². The van der Waals surface area contributed by atoms with Crippen LogP contribution in [0.4, 0.5) is 0 Å². The summed E-state index contributed by atoms with van der Waals surface area (Å²) < 4.78 is 0. The summed E-state index contributed by atoms with van der Waals surface area (Å²) in [6, 6.07) is -0.645. The third kappa shape index (κ3) is 16.0. The van der Waals surface area contributed by atoms with Crippen molar-refractivity contribution < 1.29 is 35.4 Å². The second-order valence-electron chi connectivity index (χ2n) is 4.32. The van der Waals surface area contributed by atoms with Crippen LogP contribution < -0.4 is 10.6 Å². The molecule has 25 heavy (non-hydrogen) atoms. The molecule has 0 aliphatic carbocycles. The smallest absolute Gasteiger partial charge is 0.248 e. The topological polar surface area (TPSA) is 75.3 Å². The van der Waals surface area contributed by atoms with Crippen molar-refractivity contribution in [2.45, 2.75) is 80.7 Å². The average Bonchev–Trinajstić information content (AvgIpc) is 2.59. The number of amides is 3. The van der Waals surface area contributed by atoms with Crippen molar-refractivity contribution in [3.63, 3.8) is 0 Å². The van der Waals surface area contributed by atoms with Crippen LogP contribution in [0.2, 0.25) is 0 Å². The Morgan fingerprint density at radius 1 is 1.20 bits per heavy atom. The molecule has 0 aromatic carbocycles. The molecule has 1 atom stereocenters. The Balaban J connectivity index is -0.000000242. The predicted octanol–water partition coefficient (Wildman–Crippen LogP) is 3.70. The number of allylic oxidation sites excluding steroid dienone is 2. The molecule has 0 spiro atoms. The molecule has 0 aromatic heterocycles. The van der Waals surface area contributed by atoms with E-state index >= 15 is 0 Å². The van der Waals surface area contributed by atoms with Gasteiger partial charge >= 0.3 is 0 Å². The van der Waals surface area contributed by atoms with Crippen molar-refractivity contribution in [2.24, 2.45) is 0 Å². The van der Waals surface area contributed by atoms with E-state index in [0.717, 1.165) is 0 Å². The number of imide groups is 1. The largest absolute Gasteiger partial charge is 0.394 e. The zero-order valence-electron chi connectivity index (χ0n) is 17.0. The summed E-state index contributed by atoms with van der Waals surface area (Å²) in [5, 5.41) is 4.75. The molecule has 146 valence electrons. The molecule has 2 N–H and O–H groups in total. The Kier molecular flexibility index (Phi) is 28.7. The van der Waals surface area contributed by atoms with E-state index in [0.29, 0.717) is 12.0 Å². The SMILES string of the molecule is CC.CC.CC=[C-]/C(=C\C)C(=O)NC1CCC(=O)NC1=O.CCC.[W]. The Bertz CT molecular complexity index is 419. The maximum Gasteiger partial charge on any atom is 0.248 e. The fraction of sp³-hybridized carbons (Fsp3) is 0.632. The van der Waals surface area contributed by atoms with E-state index in [1.807, 2.05) is 27.7 Å². The van der Waals surface area contributed by atoms with Crippen molar-refractivity contribution in [2.75, 3.05) is 0 Å². The Morgan fingerprint density at radius 2 is 1.68 bits per heavy atom. The van der Waals surface area contributed by atoms with Gasteiger partial charge in [0.15, 0.2) is 0 Å². The zero-order valence-corrected chi connectivity index (χ0v) is 19.9. The minimum atomic E-state index is -0.645. The standard InChI is InChI=1S/C12H15N2O3.C3H8.2C2H6.W/c1-3-5-8(4-2)11(16)13-9-6-7-10(15)14-12(9)17;1-3-2;2*1-2;/h3-4,9H,6-7H2,1-2H3,(H,13,16)(H,14,15,17);3H2,1-2H3;2*1-2H3;/q-1;;;;/b8-4+;;;;. The molecule has 1 heterocycles. The Hall–Kier alpha value is -1.22. The van der Waals surface area contributed by atoms with Crippen molar-refractivity contribution in [3.05, 3.63) is 23.8 Å². The molecule has 0 aromatic rings. The fourth-order valence-electron chi connectivity index (χ4n) is 1.50. The average molecular weight is 523 g/mol. The Morgan fingerprint density at radius 3 is 2.04 bits per heavy atom. The molecule has 1 saturated heterocycles. The van der Waals surface area contributed by atoms with Crippen LogP contribution >= 0.6 is 0 Å². The summed E-state index contributed by atoms with van der Waals surface area (Å²) in [5.74, 6) is -1.11. The predicted molar refractivity (Wildman–Crippen MR) is 100 cm³/mol. The third-order valence-electron chi connectivity index (χ3n) is 2.38. The van der Waals surface area contributed by atoms with Gasteiger partial charge in [-0.25, -0.2) is 0 Å². The first-order chi connectivity index (χ1) is 11.5. The molecule has 0 saturated carbocycles. The normalized spacial score (nSPS) is 15.8. The maximum absolute atomic E-state index is 11.7. The van der Waals surface area contributed by atoms with Crippen molar-refractivity contribution in [1.29, 1.82) is 0 Å². The van der Waals surface area contributed by atoms with Crippen LogP contribution in [0.25, 0.3) is 0 Å². The van der Waals surface area contributed by atoms with Gasteiger partial charge in [0.05, 0.1) is 6.04 Å². The summed E-state index contributed by atoms with van der Waals surface area (Å²) in [6.07, 6.45) is 7.84. The van der Waals surface area contributed by atoms with Crippen LogP contribution in [-0.2, 0) is 35.4 Å². The number of nitrogens with one attached hydrogen (secondary N) is 2. The van der Waals surface area contributed by atoms with E-state index in [1.165, 1.54) is 6.42 Å². The first-order valence-corrected chi connectivity index (χ1v) is 8.85. The van der Waals surface area contributed by atoms with Gasteiger partial charge in [-0.1, -0.05) is 61.8 Å². The molecular formula is C19H35N2O3W-. The van der Waals surface area contributed by atoms with Gasteiger partial charge in [-0.15, -0.1) is 11.6 Å². The molecular weight excluding hydrogens is 488 g/mol. The van der Waals surface area contributed by atoms with E-state index in [4.69, 9.17) is 0 Å². The first-order valence-electron chi connectivity index (χ1n) is 8.85. The molecule has 0 radical (unpaired) electrons. The summed E-state index contributed by atoms with van der Waals surface area (Å²) in [4.78, 5) is 34.1. The van der Waals surface area contributed by atoms with Gasteiger partial charge in [0, 0.05) is 27.5 Å². The number of carbonyl (C=O) groups is 3. The molecule has 1 rings (SSSR count). The van der Waals surface area contributed by atoms with Crippen LogP contribution in [0.15, 0.2) is 17.7 Å². The van der Waals surface area contributed by atoms with Crippen LogP contribution in [0.3, 0.4) is 0 Å². The second kappa shape index (κ2) is 22.8. The van der Waals surface area contributed by atoms with Gasteiger partial charge < -0.3 is 10.1 Å². The van der Waals surface area contributed by atoms with Gasteiger partial charge in [-0.3, -0.25) is 14.9 Å². The van der Waals surface area contributed by atoms with E-state index in [1.54, 1.807) is 26.0 Å². The van der Waals surface area contributed by atoms with Gasteiger partial charge in [0.1, 0.15) is 5.91 Å². The monoisotopic (exact) mass is 523 g/mol. The number of carbonyl (C=O) groups excluding carboxylic acids is 3. The van der Waals surface area contributed by atoms with E-state index < -0.39 is 11.9 Å². The minimum Gasteiger partial charge on any atom is -0.394 e. The summed E-state index contributed by atoms with van der Waals surface area (Å²) in [6.45, 7) is 15.7. The molecule has 0 bridgehead atoms. The van der Waals surface area contributed by atoms with Gasteiger partial charge in [0.25, 0.3) is 0 Å². The fourth-order valence-corrected chi connectivity index (χ4v) is 1.50. The molecule has 3 amide bonds. The van der Waals surface area contributed by atoms with Gasteiger partial charge in [0.2, 0.25) is 11.8 Å². The molecule has 1 unspecified atom stereocenters. The zero-order chi connectivity index (χ0) is 19.5. The molecule has 1 aliphatic heterocycles. The number of hydrogen-bond acceptors (Lipinski definition) is 3. The third-order valence-corrected chi connectivity index (χ3v) is 2.38. The molecule has 6 heteroatoms.